The van der Waals surface area contributed by atoms with Crippen LogP contribution >= 0.6 is 23.2 Å². The Morgan fingerprint density at radius 1 is 1.27 bits per heavy atom. The minimum absolute atomic E-state index is 0.161. The summed E-state index contributed by atoms with van der Waals surface area (Å²) >= 11 is 12.0. The van der Waals surface area contributed by atoms with Crippen molar-refractivity contribution in [3.63, 3.8) is 0 Å². The van der Waals surface area contributed by atoms with Crippen molar-refractivity contribution in [3.05, 3.63) is 33.8 Å². The smallest absolute Gasteiger partial charge is 0.0793 e. The standard InChI is InChI=1S/C16H24Cl2N2O2/c1-12(13-3-4-15(17)16(18)9-13)19(2)10-14(21)11-20-5-7-22-8-6-20/h3-4,9,12,14,21H,5-8,10-11H2,1-2H3. The quantitative estimate of drug-likeness (QED) is 0.858. The second-order valence-electron chi connectivity index (χ2n) is 5.86. The Kier molecular flexibility index (Phi) is 6.93. The normalized spacial score (nSPS) is 19.4. The Hall–Kier alpha value is -0.360. The zero-order valence-electron chi connectivity index (χ0n) is 13.1. The fraction of sp³-hybridized carbons (Fsp3) is 0.625. The van der Waals surface area contributed by atoms with Crippen molar-refractivity contribution in [1.29, 1.82) is 0 Å². The monoisotopic (exact) mass is 346 g/mol. The molecule has 1 aromatic carbocycles. The van der Waals surface area contributed by atoms with Crippen LogP contribution in [-0.2, 0) is 4.74 Å². The molecule has 6 heteroatoms. The van der Waals surface area contributed by atoms with Crippen molar-refractivity contribution in [2.75, 3.05) is 46.4 Å². The van der Waals surface area contributed by atoms with E-state index in [-0.39, 0.29) is 12.1 Å². The van der Waals surface area contributed by atoms with Gasteiger partial charge in [0.25, 0.3) is 0 Å². The third-order valence-electron chi connectivity index (χ3n) is 4.16. The first-order valence-electron chi connectivity index (χ1n) is 7.60. The minimum Gasteiger partial charge on any atom is -0.390 e. The number of likely N-dealkylation sites (N-methyl/N-ethyl adjacent to an activating group) is 1. The number of ether oxygens (including phenoxy) is 1. The number of hydrogen-bond acceptors (Lipinski definition) is 4. The molecular weight excluding hydrogens is 323 g/mol. The summed E-state index contributed by atoms with van der Waals surface area (Å²) in [6.45, 7) is 6.68. The van der Waals surface area contributed by atoms with Crippen LogP contribution in [0.1, 0.15) is 18.5 Å². The molecule has 0 saturated carbocycles. The third kappa shape index (κ3) is 5.08. The molecule has 1 aliphatic rings. The number of morpholine rings is 1. The van der Waals surface area contributed by atoms with Gasteiger partial charge in [0, 0.05) is 32.2 Å². The summed E-state index contributed by atoms with van der Waals surface area (Å²) in [5.41, 5.74) is 1.09. The summed E-state index contributed by atoms with van der Waals surface area (Å²) in [6.07, 6.45) is -0.381. The molecular formula is C16H24Cl2N2O2. The van der Waals surface area contributed by atoms with Crippen molar-refractivity contribution in [2.24, 2.45) is 0 Å². The van der Waals surface area contributed by atoms with Crippen molar-refractivity contribution in [2.45, 2.75) is 19.1 Å². The molecule has 0 aliphatic carbocycles. The number of β-amino-alcohol motifs (C(OH)–C–C–N with tert-alkyl or cyclic N) is 1. The molecule has 2 unspecified atom stereocenters. The van der Waals surface area contributed by atoms with Gasteiger partial charge in [-0.3, -0.25) is 9.80 Å². The van der Waals surface area contributed by atoms with E-state index in [0.29, 0.717) is 23.1 Å². The number of aliphatic hydroxyl groups is 1. The molecule has 2 atom stereocenters. The van der Waals surface area contributed by atoms with E-state index in [0.717, 1.165) is 31.9 Å². The molecule has 0 aromatic heterocycles. The van der Waals surface area contributed by atoms with Gasteiger partial charge < -0.3 is 9.84 Å². The van der Waals surface area contributed by atoms with Crippen LogP contribution in [0.5, 0.6) is 0 Å². The lowest BCUT2D eigenvalue weighted by molar-refractivity contribution is 0.00626. The Morgan fingerprint density at radius 2 is 1.95 bits per heavy atom. The van der Waals surface area contributed by atoms with Crippen molar-refractivity contribution < 1.29 is 9.84 Å². The molecule has 1 heterocycles. The maximum absolute atomic E-state index is 10.3. The molecule has 4 nitrogen and oxygen atoms in total. The second kappa shape index (κ2) is 8.48. The van der Waals surface area contributed by atoms with Crippen LogP contribution in [0, 0.1) is 0 Å². The molecule has 0 amide bonds. The summed E-state index contributed by atoms with van der Waals surface area (Å²) in [6, 6.07) is 5.84. The van der Waals surface area contributed by atoms with Crippen LogP contribution < -0.4 is 0 Å². The molecule has 1 fully saturated rings. The average Bonchev–Trinajstić information content (AvgIpc) is 2.50. The number of aliphatic hydroxyl groups excluding tert-OH is 1. The van der Waals surface area contributed by atoms with E-state index in [1.165, 1.54) is 0 Å². The van der Waals surface area contributed by atoms with Crippen molar-refractivity contribution in [3.8, 4) is 0 Å². The van der Waals surface area contributed by atoms with Crippen LogP contribution in [0.3, 0.4) is 0 Å². The number of nitrogens with zero attached hydrogens (tertiary/aromatic N) is 2. The summed E-state index contributed by atoms with van der Waals surface area (Å²) in [5.74, 6) is 0. The van der Waals surface area contributed by atoms with Gasteiger partial charge in [-0.05, 0) is 31.7 Å². The van der Waals surface area contributed by atoms with Gasteiger partial charge in [0.1, 0.15) is 0 Å². The topological polar surface area (TPSA) is 35.9 Å². The predicted molar refractivity (Wildman–Crippen MR) is 90.8 cm³/mol. The summed E-state index contributed by atoms with van der Waals surface area (Å²) < 4.78 is 5.32. The van der Waals surface area contributed by atoms with Gasteiger partial charge in [0.2, 0.25) is 0 Å². The Balaban J connectivity index is 1.86. The lowest BCUT2D eigenvalue weighted by Crippen LogP contribution is -2.44. The van der Waals surface area contributed by atoms with Gasteiger partial charge in [-0.15, -0.1) is 0 Å². The van der Waals surface area contributed by atoms with Crippen molar-refractivity contribution in [1.82, 2.24) is 9.80 Å². The zero-order chi connectivity index (χ0) is 16.1. The van der Waals surface area contributed by atoms with E-state index in [2.05, 4.69) is 16.7 Å². The highest BCUT2D eigenvalue weighted by atomic mass is 35.5. The summed E-state index contributed by atoms with van der Waals surface area (Å²) in [7, 11) is 2.01. The molecule has 2 rings (SSSR count). The van der Waals surface area contributed by atoms with E-state index in [4.69, 9.17) is 27.9 Å². The minimum atomic E-state index is -0.381. The van der Waals surface area contributed by atoms with Gasteiger partial charge >= 0.3 is 0 Å². The summed E-state index contributed by atoms with van der Waals surface area (Å²) in [4.78, 5) is 4.37. The number of benzene rings is 1. The van der Waals surface area contributed by atoms with Gasteiger partial charge in [-0.1, -0.05) is 29.3 Å². The van der Waals surface area contributed by atoms with Gasteiger partial charge in [-0.2, -0.15) is 0 Å². The molecule has 0 spiro atoms. The van der Waals surface area contributed by atoms with E-state index >= 15 is 0 Å². The van der Waals surface area contributed by atoms with E-state index in [1.54, 1.807) is 0 Å². The highest BCUT2D eigenvalue weighted by Gasteiger charge is 2.19. The van der Waals surface area contributed by atoms with Crippen LogP contribution in [0.4, 0.5) is 0 Å². The first-order valence-corrected chi connectivity index (χ1v) is 8.36. The highest BCUT2D eigenvalue weighted by molar-refractivity contribution is 6.42. The SMILES string of the molecule is CC(c1ccc(Cl)c(Cl)c1)N(C)CC(O)CN1CCOCC1. The predicted octanol–water partition coefficient (Wildman–Crippen LogP) is 2.68. The fourth-order valence-electron chi connectivity index (χ4n) is 2.66. The number of hydrogen-bond donors (Lipinski definition) is 1. The molecule has 1 saturated heterocycles. The maximum atomic E-state index is 10.3. The Bertz CT molecular complexity index is 481. The van der Waals surface area contributed by atoms with Crippen molar-refractivity contribution >= 4 is 23.2 Å². The molecule has 0 bridgehead atoms. The van der Waals surface area contributed by atoms with E-state index in [1.807, 2.05) is 25.2 Å². The Labute approximate surface area is 142 Å². The average molecular weight is 347 g/mol. The first kappa shape index (κ1) is 18.0. The lowest BCUT2D eigenvalue weighted by atomic mass is 10.1. The van der Waals surface area contributed by atoms with Crippen LogP contribution in [-0.4, -0.2) is 67.5 Å². The summed E-state index contributed by atoms with van der Waals surface area (Å²) in [5, 5.41) is 11.4. The molecule has 22 heavy (non-hydrogen) atoms. The Morgan fingerprint density at radius 3 is 2.59 bits per heavy atom. The largest absolute Gasteiger partial charge is 0.390 e. The zero-order valence-corrected chi connectivity index (χ0v) is 14.6. The maximum Gasteiger partial charge on any atom is 0.0793 e. The van der Waals surface area contributed by atoms with Crippen LogP contribution in [0.2, 0.25) is 10.0 Å². The third-order valence-corrected chi connectivity index (χ3v) is 4.90. The fourth-order valence-corrected chi connectivity index (χ4v) is 2.96. The molecule has 0 radical (unpaired) electrons. The molecule has 1 aromatic rings. The highest BCUT2D eigenvalue weighted by Crippen LogP contribution is 2.27. The van der Waals surface area contributed by atoms with Gasteiger partial charge in [0.05, 0.1) is 29.4 Å². The first-order chi connectivity index (χ1) is 10.5. The second-order valence-corrected chi connectivity index (χ2v) is 6.67. The van der Waals surface area contributed by atoms with Gasteiger partial charge in [0.15, 0.2) is 0 Å². The molecule has 124 valence electrons. The molecule has 1 N–H and O–H groups in total. The van der Waals surface area contributed by atoms with E-state index < -0.39 is 0 Å². The number of rotatable bonds is 6. The van der Waals surface area contributed by atoms with Gasteiger partial charge in [-0.25, -0.2) is 0 Å². The van der Waals surface area contributed by atoms with E-state index in [9.17, 15) is 5.11 Å². The van der Waals surface area contributed by atoms with Crippen LogP contribution in [0.25, 0.3) is 0 Å². The lowest BCUT2D eigenvalue weighted by Gasteiger charge is -2.32. The number of halogens is 2. The van der Waals surface area contributed by atoms with Crippen LogP contribution in [0.15, 0.2) is 18.2 Å². The molecule has 1 aliphatic heterocycles.